The van der Waals surface area contributed by atoms with Gasteiger partial charge in [-0.2, -0.15) is 0 Å². The summed E-state index contributed by atoms with van der Waals surface area (Å²) >= 11 is 0. The van der Waals surface area contributed by atoms with Crippen molar-refractivity contribution < 1.29 is 28.5 Å². The van der Waals surface area contributed by atoms with E-state index in [1.54, 1.807) is 28.4 Å². The van der Waals surface area contributed by atoms with Crippen molar-refractivity contribution in [2.45, 2.75) is 32.1 Å². The Bertz CT molecular complexity index is 942. The van der Waals surface area contributed by atoms with Gasteiger partial charge in [-0.15, -0.1) is 0 Å². The van der Waals surface area contributed by atoms with Crippen LogP contribution in [0.1, 0.15) is 35.1 Å². The molecule has 0 saturated heterocycles. The Balaban J connectivity index is 2.50. The number of hydrogen-bond acceptors (Lipinski definition) is 6. The lowest BCUT2D eigenvalue weighted by molar-refractivity contribution is -0.118. The number of carbonyl (C=O) groups excluding carboxylic acids is 2. The number of primary amides is 2. The van der Waals surface area contributed by atoms with Crippen LogP contribution in [0.4, 0.5) is 0 Å². The second-order valence-corrected chi connectivity index (χ2v) is 7.08. The van der Waals surface area contributed by atoms with Gasteiger partial charge in [0.25, 0.3) is 0 Å². The van der Waals surface area contributed by atoms with E-state index in [1.165, 1.54) is 0 Å². The van der Waals surface area contributed by atoms with Gasteiger partial charge in [0, 0.05) is 12.8 Å². The van der Waals surface area contributed by atoms with Gasteiger partial charge < -0.3 is 30.4 Å². The molecule has 0 saturated carbocycles. The Morgan fingerprint density at radius 2 is 1.19 bits per heavy atom. The topological polar surface area (TPSA) is 123 Å². The van der Waals surface area contributed by atoms with E-state index in [1.807, 2.05) is 24.3 Å². The lowest BCUT2D eigenvalue weighted by atomic mass is 9.94. The Hall–Kier alpha value is -3.42. The van der Waals surface area contributed by atoms with E-state index < -0.39 is 0 Å². The Morgan fingerprint density at radius 1 is 0.677 bits per heavy atom. The van der Waals surface area contributed by atoms with Gasteiger partial charge in [0.05, 0.1) is 28.4 Å². The van der Waals surface area contributed by atoms with Crippen LogP contribution in [-0.2, 0) is 28.9 Å². The van der Waals surface area contributed by atoms with E-state index in [4.69, 9.17) is 30.4 Å². The monoisotopic (exact) mass is 430 g/mol. The van der Waals surface area contributed by atoms with Crippen molar-refractivity contribution in [1.29, 1.82) is 0 Å². The molecule has 0 radical (unpaired) electrons. The molecule has 0 aromatic heterocycles. The molecule has 2 aromatic rings. The van der Waals surface area contributed by atoms with Gasteiger partial charge in [-0.05, 0) is 59.7 Å². The summed E-state index contributed by atoms with van der Waals surface area (Å²) in [5.74, 6) is 1.56. The fourth-order valence-corrected chi connectivity index (χ4v) is 3.49. The zero-order valence-corrected chi connectivity index (χ0v) is 18.4. The van der Waals surface area contributed by atoms with Crippen LogP contribution in [0.25, 0.3) is 0 Å². The maximum atomic E-state index is 11.3. The van der Waals surface area contributed by atoms with Crippen molar-refractivity contribution in [3.05, 3.63) is 46.5 Å². The van der Waals surface area contributed by atoms with E-state index in [-0.39, 0.29) is 24.7 Å². The zero-order chi connectivity index (χ0) is 23.0. The third-order valence-corrected chi connectivity index (χ3v) is 5.00. The number of nitrogens with two attached hydrogens (primary N) is 2. The molecular formula is C23H30N2O6. The van der Waals surface area contributed by atoms with Crippen LogP contribution in [0.3, 0.4) is 0 Å². The van der Waals surface area contributed by atoms with E-state index in [2.05, 4.69) is 0 Å². The lowest BCUT2D eigenvalue weighted by Gasteiger charge is -2.17. The molecule has 4 N–H and O–H groups in total. The molecular weight excluding hydrogens is 400 g/mol. The van der Waals surface area contributed by atoms with Crippen molar-refractivity contribution in [3.63, 3.8) is 0 Å². The van der Waals surface area contributed by atoms with E-state index in [9.17, 15) is 9.59 Å². The highest BCUT2D eigenvalue weighted by atomic mass is 16.5. The third-order valence-electron chi connectivity index (χ3n) is 5.00. The molecule has 8 heteroatoms. The first kappa shape index (κ1) is 23.9. The van der Waals surface area contributed by atoms with Gasteiger partial charge in [-0.1, -0.05) is 6.07 Å². The van der Waals surface area contributed by atoms with Gasteiger partial charge in [0.2, 0.25) is 11.8 Å². The summed E-state index contributed by atoms with van der Waals surface area (Å²) in [4.78, 5) is 22.6. The molecule has 31 heavy (non-hydrogen) atoms. The van der Waals surface area contributed by atoms with Crippen LogP contribution in [0.15, 0.2) is 24.3 Å². The van der Waals surface area contributed by atoms with Crippen LogP contribution in [0, 0.1) is 0 Å². The number of amides is 2. The molecule has 0 aliphatic rings. The van der Waals surface area contributed by atoms with Crippen LogP contribution < -0.4 is 30.4 Å². The quantitative estimate of drug-likeness (QED) is 0.532. The van der Waals surface area contributed by atoms with Gasteiger partial charge in [0.15, 0.2) is 23.0 Å². The predicted octanol–water partition coefficient (Wildman–Crippen LogP) is 2.15. The fraction of sp³-hybridized carbons (Fsp3) is 0.391. The highest BCUT2D eigenvalue weighted by molar-refractivity contribution is 5.74. The first-order valence-electron chi connectivity index (χ1n) is 9.87. The Morgan fingerprint density at radius 3 is 1.68 bits per heavy atom. The molecule has 168 valence electrons. The molecule has 0 bridgehead atoms. The van der Waals surface area contributed by atoms with Gasteiger partial charge in [-0.25, -0.2) is 0 Å². The third kappa shape index (κ3) is 6.28. The SMILES string of the molecule is COc1cc(CCC(N)=O)c(Cc2cc(CCC(N)=O)c(OC)c(OC)c2)cc1OC. The highest BCUT2D eigenvalue weighted by Crippen LogP contribution is 2.36. The van der Waals surface area contributed by atoms with E-state index >= 15 is 0 Å². The van der Waals surface area contributed by atoms with E-state index in [0.717, 1.165) is 22.3 Å². The molecule has 0 aliphatic heterocycles. The molecule has 0 fully saturated rings. The van der Waals surface area contributed by atoms with Crippen molar-refractivity contribution >= 4 is 11.8 Å². The van der Waals surface area contributed by atoms with Crippen LogP contribution in [-0.4, -0.2) is 40.3 Å². The maximum absolute atomic E-state index is 11.3. The lowest BCUT2D eigenvalue weighted by Crippen LogP contribution is -2.12. The van der Waals surface area contributed by atoms with E-state index in [0.29, 0.717) is 42.3 Å². The smallest absolute Gasteiger partial charge is 0.217 e. The molecule has 0 spiro atoms. The number of methoxy groups -OCH3 is 4. The zero-order valence-electron chi connectivity index (χ0n) is 18.4. The predicted molar refractivity (Wildman–Crippen MR) is 117 cm³/mol. The molecule has 2 amide bonds. The summed E-state index contributed by atoms with van der Waals surface area (Å²) in [6, 6.07) is 7.63. The largest absolute Gasteiger partial charge is 0.493 e. The number of carbonyl (C=O) groups is 2. The normalized spacial score (nSPS) is 10.5. The maximum Gasteiger partial charge on any atom is 0.217 e. The first-order valence-corrected chi connectivity index (χ1v) is 9.87. The van der Waals surface area contributed by atoms with Gasteiger partial charge in [-0.3, -0.25) is 9.59 Å². The molecule has 0 atom stereocenters. The molecule has 0 heterocycles. The van der Waals surface area contributed by atoms with Crippen molar-refractivity contribution in [3.8, 4) is 23.0 Å². The summed E-state index contributed by atoms with van der Waals surface area (Å²) in [6.45, 7) is 0. The fourth-order valence-electron chi connectivity index (χ4n) is 3.49. The summed E-state index contributed by atoms with van der Waals surface area (Å²) in [5, 5.41) is 0. The van der Waals surface area contributed by atoms with Crippen molar-refractivity contribution in [1.82, 2.24) is 0 Å². The Labute approximate surface area is 182 Å². The van der Waals surface area contributed by atoms with Crippen molar-refractivity contribution in [2.75, 3.05) is 28.4 Å². The highest BCUT2D eigenvalue weighted by Gasteiger charge is 2.17. The van der Waals surface area contributed by atoms with Crippen LogP contribution in [0.2, 0.25) is 0 Å². The molecule has 8 nitrogen and oxygen atoms in total. The molecule has 0 unspecified atom stereocenters. The number of benzene rings is 2. The average molecular weight is 431 g/mol. The molecule has 2 rings (SSSR count). The summed E-state index contributed by atoms with van der Waals surface area (Å²) in [6.07, 6.45) is 1.87. The second kappa shape index (κ2) is 11.1. The van der Waals surface area contributed by atoms with Gasteiger partial charge in [0.1, 0.15) is 0 Å². The van der Waals surface area contributed by atoms with Crippen LogP contribution >= 0.6 is 0 Å². The standard InChI is InChI=1S/C23H30N2O6/c1-28-18-12-15(5-7-21(24)26)17(13-19(18)29-2)10-14-9-16(6-8-22(25)27)23(31-4)20(11-14)30-3/h9,11-13H,5-8,10H2,1-4H3,(H2,24,26)(H2,25,27). The minimum atomic E-state index is -0.389. The summed E-state index contributed by atoms with van der Waals surface area (Å²) < 4.78 is 21.9. The van der Waals surface area contributed by atoms with Crippen molar-refractivity contribution in [2.24, 2.45) is 11.5 Å². The number of aryl methyl sites for hydroxylation is 2. The summed E-state index contributed by atoms with van der Waals surface area (Å²) in [7, 11) is 6.26. The number of ether oxygens (including phenoxy) is 4. The number of hydrogen-bond donors (Lipinski definition) is 2. The average Bonchev–Trinajstić information content (AvgIpc) is 2.75. The molecule has 0 aliphatic carbocycles. The minimum Gasteiger partial charge on any atom is -0.493 e. The first-order chi connectivity index (χ1) is 14.8. The second-order valence-electron chi connectivity index (χ2n) is 7.08. The van der Waals surface area contributed by atoms with Gasteiger partial charge >= 0.3 is 0 Å². The molecule has 2 aromatic carbocycles. The summed E-state index contributed by atoms with van der Waals surface area (Å²) in [5.41, 5.74) is 14.4. The minimum absolute atomic E-state index is 0.198. The number of rotatable bonds is 12. The van der Waals surface area contributed by atoms with Crippen LogP contribution in [0.5, 0.6) is 23.0 Å². The Kier molecular flexibility index (Phi) is 8.54.